The van der Waals surface area contributed by atoms with Crippen molar-refractivity contribution in [3.8, 4) is 0 Å². The highest BCUT2D eigenvalue weighted by atomic mass is 16.2. The molecular formula is C12H18N2O3. The van der Waals surface area contributed by atoms with E-state index >= 15 is 0 Å². The van der Waals surface area contributed by atoms with Crippen LogP contribution in [0.15, 0.2) is 0 Å². The molecule has 94 valence electrons. The summed E-state index contributed by atoms with van der Waals surface area (Å²) >= 11 is 0. The van der Waals surface area contributed by atoms with Crippen molar-refractivity contribution >= 4 is 17.8 Å². The number of urea groups is 1. The van der Waals surface area contributed by atoms with Crippen molar-refractivity contribution < 1.29 is 14.4 Å². The van der Waals surface area contributed by atoms with Crippen molar-refractivity contribution in [2.24, 2.45) is 5.92 Å². The fourth-order valence-corrected chi connectivity index (χ4v) is 2.68. The number of carbonyl (C=O) groups excluding carboxylic acids is 3. The van der Waals surface area contributed by atoms with E-state index in [0.717, 1.165) is 32.1 Å². The Bertz CT molecular complexity index is 348. The summed E-state index contributed by atoms with van der Waals surface area (Å²) in [6.07, 6.45) is 5.43. The second-order valence-corrected chi connectivity index (χ2v) is 4.76. The van der Waals surface area contributed by atoms with Gasteiger partial charge in [-0.05, 0) is 19.3 Å². The Labute approximate surface area is 101 Å². The number of nitrogens with zero attached hydrogens (tertiary/aromatic N) is 1. The van der Waals surface area contributed by atoms with Gasteiger partial charge < -0.3 is 0 Å². The molecule has 1 saturated carbocycles. The van der Waals surface area contributed by atoms with Crippen LogP contribution >= 0.6 is 0 Å². The van der Waals surface area contributed by atoms with E-state index in [2.05, 4.69) is 5.32 Å². The Hall–Kier alpha value is -1.39. The second-order valence-electron chi connectivity index (χ2n) is 4.76. The molecule has 2 aliphatic rings. The molecule has 1 N–H and O–H groups in total. The van der Waals surface area contributed by atoms with Crippen LogP contribution in [0.25, 0.3) is 0 Å². The third-order valence-electron chi connectivity index (χ3n) is 3.65. The van der Waals surface area contributed by atoms with E-state index in [-0.39, 0.29) is 11.9 Å². The molecule has 1 atom stereocenters. The maximum absolute atomic E-state index is 12.1. The molecule has 17 heavy (non-hydrogen) atoms. The first-order valence-electron chi connectivity index (χ1n) is 6.33. The quantitative estimate of drug-likeness (QED) is 0.740. The van der Waals surface area contributed by atoms with E-state index in [1.54, 1.807) is 6.92 Å². The van der Waals surface area contributed by atoms with E-state index in [4.69, 9.17) is 0 Å². The molecule has 0 aromatic heterocycles. The SMILES string of the molecule is CC[C@@H]1C(=O)NC(=O)N(C2CCCCC2)C1=O. The number of imide groups is 2. The molecule has 4 amide bonds. The van der Waals surface area contributed by atoms with Crippen molar-refractivity contribution in [1.29, 1.82) is 0 Å². The van der Waals surface area contributed by atoms with Gasteiger partial charge >= 0.3 is 6.03 Å². The van der Waals surface area contributed by atoms with Crippen molar-refractivity contribution in [1.82, 2.24) is 10.2 Å². The van der Waals surface area contributed by atoms with E-state index in [0.29, 0.717) is 6.42 Å². The number of rotatable bonds is 2. The summed E-state index contributed by atoms with van der Waals surface area (Å²) in [5, 5.41) is 2.29. The van der Waals surface area contributed by atoms with Crippen molar-refractivity contribution in [2.45, 2.75) is 51.5 Å². The maximum Gasteiger partial charge on any atom is 0.331 e. The van der Waals surface area contributed by atoms with Crippen LogP contribution in [0.2, 0.25) is 0 Å². The second kappa shape index (κ2) is 4.85. The molecule has 0 radical (unpaired) electrons. The molecule has 0 aromatic carbocycles. The summed E-state index contributed by atoms with van der Waals surface area (Å²) in [5.41, 5.74) is 0. The molecular weight excluding hydrogens is 220 g/mol. The zero-order chi connectivity index (χ0) is 12.4. The minimum Gasteiger partial charge on any atom is -0.277 e. The molecule has 0 spiro atoms. The predicted octanol–water partition coefficient (Wildman–Crippen LogP) is 1.42. The smallest absolute Gasteiger partial charge is 0.277 e. The average Bonchev–Trinajstić information content (AvgIpc) is 2.30. The molecule has 1 heterocycles. The number of hydrogen-bond acceptors (Lipinski definition) is 3. The standard InChI is InChI=1S/C12H18N2O3/c1-2-9-10(15)13-12(17)14(11(9)16)8-6-4-3-5-7-8/h8-9H,2-7H2,1H3,(H,13,15,17)/t9-/m1/s1. The first-order valence-corrected chi connectivity index (χ1v) is 6.33. The normalized spacial score (nSPS) is 27.2. The number of carbonyl (C=O) groups is 3. The fourth-order valence-electron chi connectivity index (χ4n) is 2.68. The fraction of sp³-hybridized carbons (Fsp3) is 0.750. The van der Waals surface area contributed by atoms with Gasteiger partial charge in [-0.1, -0.05) is 26.2 Å². The largest absolute Gasteiger partial charge is 0.331 e. The highest BCUT2D eigenvalue weighted by Gasteiger charge is 2.42. The Morgan fingerprint density at radius 3 is 2.41 bits per heavy atom. The summed E-state index contributed by atoms with van der Waals surface area (Å²) in [7, 11) is 0. The van der Waals surface area contributed by atoms with Crippen LogP contribution < -0.4 is 5.32 Å². The van der Waals surface area contributed by atoms with E-state index in [1.807, 2.05) is 0 Å². The molecule has 1 saturated heterocycles. The van der Waals surface area contributed by atoms with Crippen LogP contribution in [0.5, 0.6) is 0 Å². The molecule has 0 aromatic rings. The van der Waals surface area contributed by atoms with Gasteiger partial charge in [0.2, 0.25) is 11.8 Å². The summed E-state index contributed by atoms with van der Waals surface area (Å²) in [4.78, 5) is 36.7. The van der Waals surface area contributed by atoms with E-state index in [9.17, 15) is 14.4 Å². The van der Waals surface area contributed by atoms with Crippen LogP contribution in [0, 0.1) is 5.92 Å². The first-order chi connectivity index (χ1) is 8.15. The minimum absolute atomic E-state index is 0.0154. The van der Waals surface area contributed by atoms with Crippen molar-refractivity contribution in [3.63, 3.8) is 0 Å². The lowest BCUT2D eigenvalue weighted by Gasteiger charge is -2.37. The molecule has 2 rings (SSSR count). The van der Waals surface area contributed by atoms with Crippen LogP contribution in [0.4, 0.5) is 4.79 Å². The lowest BCUT2D eigenvalue weighted by molar-refractivity contribution is -0.144. The van der Waals surface area contributed by atoms with Gasteiger partial charge in [-0.3, -0.25) is 19.8 Å². The zero-order valence-corrected chi connectivity index (χ0v) is 10.1. The molecule has 5 heteroatoms. The van der Waals surface area contributed by atoms with Crippen LogP contribution in [0.1, 0.15) is 45.4 Å². The van der Waals surface area contributed by atoms with Gasteiger partial charge in [0, 0.05) is 6.04 Å². The summed E-state index contributed by atoms with van der Waals surface area (Å²) < 4.78 is 0. The third kappa shape index (κ3) is 2.18. The Kier molecular flexibility index (Phi) is 3.45. The molecule has 2 fully saturated rings. The van der Waals surface area contributed by atoms with Crippen molar-refractivity contribution in [2.75, 3.05) is 0 Å². The highest BCUT2D eigenvalue weighted by molar-refractivity contribution is 6.16. The topological polar surface area (TPSA) is 66.5 Å². The summed E-state index contributed by atoms with van der Waals surface area (Å²) in [6, 6.07) is -0.546. The summed E-state index contributed by atoms with van der Waals surface area (Å²) in [5.74, 6) is -1.45. The third-order valence-corrected chi connectivity index (χ3v) is 3.65. The van der Waals surface area contributed by atoms with Gasteiger partial charge in [0.25, 0.3) is 0 Å². The van der Waals surface area contributed by atoms with Crippen LogP contribution in [0.3, 0.4) is 0 Å². The van der Waals surface area contributed by atoms with Gasteiger partial charge in [-0.15, -0.1) is 0 Å². The maximum atomic E-state index is 12.1. The predicted molar refractivity (Wildman–Crippen MR) is 61.0 cm³/mol. The van der Waals surface area contributed by atoms with E-state index in [1.165, 1.54) is 4.90 Å². The Morgan fingerprint density at radius 2 is 1.82 bits per heavy atom. The summed E-state index contributed by atoms with van der Waals surface area (Å²) in [6.45, 7) is 1.79. The van der Waals surface area contributed by atoms with E-state index < -0.39 is 17.9 Å². The molecule has 1 aliphatic heterocycles. The molecule has 0 bridgehead atoms. The van der Waals surface area contributed by atoms with Crippen LogP contribution in [-0.2, 0) is 9.59 Å². The molecule has 0 unspecified atom stereocenters. The Morgan fingerprint density at radius 1 is 1.18 bits per heavy atom. The first kappa shape index (κ1) is 12.1. The average molecular weight is 238 g/mol. The lowest BCUT2D eigenvalue weighted by Crippen LogP contribution is -2.61. The minimum atomic E-state index is -0.686. The monoisotopic (exact) mass is 238 g/mol. The zero-order valence-electron chi connectivity index (χ0n) is 10.1. The highest BCUT2D eigenvalue weighted by Crippen LogP contribution is 2.26. The number of amides is 4. The van der Waals surface area contributed by atoms with Gasteiger partial charge in [0.05, 0.1) is 0 Å². The Balaban J connectivity index is 2.16. The van der Waals surface area contributed by atoms with Gasteiger partial charge in [-0.25, -0.2) is 4.79 Å². The molecule has 1 aliphatic carbocycles. The number of hydrogen-bond donors (Lipinski definition) is 1. The van der Waals surface area contributed by atoms with Crippen LogP contribution in [-0.4, -0.2) is 28.8 Å². The number of barbiturate groups is 1. The lowest BCUT2D eigenvalue weighted by atomic mass is 9.92. The van der Waals surface area contributed by atoms with Crippen molar-refractivity contribution in [3.05, 3.63) is 0 Å². The molecule has 5 nitrogen and oxygen atoms in total. The van der Waals surface area contributed by atoms with Gasteiger partial charge in [0.1, 0.15) is 5.92 Å². The van der Waals surface area contributed by atoms with Gasteiger partial charge in [0.15, 0.2) is 0 Å². The van der Waals surface area contributed by atoms with Gasteiger partial charge in [-0.2, -0.15) is 0 Å². The number of nitrogens with one attached hydrogen (secondary N) is 1.